The number of carbonyl (C=O) groups is 1. The summed E-state index contributed by atoms with van der Waals surface area (Å²) in [5, 5.41) is 9.99. The largest absolute Gasteiger partial charge is 0.469 e. The smallest absolute Gasteiger partial charge is 0.306 e. The molecule has 1 rings (SSSR count). The standard InChI is InChI=1S/C12H15ClO3S/c1-8(14)9-3-4-11(10(13)7-9)17-6-5-12(15)16-2/h3-4,7-8,14H,5-6H2,1-2H3. The third kappa shape index (κ3) is 4.58. The van der Waals surface area contributed by atoms with Gasteiger partial charge in [0, 0.05) is 10.6 Å². The Hall–Kier alpha value is -0.710. The number of hydrogen-bond acceptors (Lipinski definition) is 4. The number of benzene rings is 1. The van der Waals surface area contributed by atoms with Gasteiger partial charge in [0.2, 0.25) is 0 Å². The zero-order chi connectivity index (χ0) is 12.8. The van der Waals surface area contributed by atoms with Gasteiger partial charge in [-0.15, -0.1) is 11.8 Å². The molecule has 0 saturated heterocycles. The molecule has 1 aromatic carbocycles. The minimum absolute atomic E-state index is 0.228. The zero-order valence-corrected chi connectivity index (χ0v) is 11.3. The maximum atomic E-state index is 10.9. The summed E-state index contributed by atoms with van der Waals surface area (Å²) in [4.78, 5) is 11.8. The lowest BCUT2D eigenvalue weighted by atomic mass is 10.1. The van der Waals surface area contributed by atoms with Crippen molar-refractivity contribution in [1.82, 2.24) is 0 Å². The highest BCUT2D eigenvalue weighted by Gasteiger charge is 2.07. The highest BCUT2D eigenvalue weighted by Crippen LogP contribution is 2.30. The molecule has 3 nitrogen and oxygen atoms in total. The van der Waals surface area contributed by atoms with E-state index in [9.17, 15) is 9.90 Å². The average molecular weight is 275 g/mol. The van der Waals surface area contributed by atoms with Crippen LogP contribution in [0, 0.1) is 0 Å². The lowest BCUT2D eigenvalue weighted by Crippen LogP contribution is -2.01. The molecule has 0 bridgehead atoms. The topological polar surface area (TPSA) is 46.5 Å². The Balaban J connectivity index is 2.57. The van der Waals surface area contributed by atoms with Crippen LogP contribution < -0.4 is 0 Å². The monoisotopic (exact) mass is 274 g/mol. The van der Waals surface area contributed by atoms with Gasteiger partial charge in [0.25, 0.3) is 0 Å². The van der Waals surface area contributed by atoms with E-state index >= 15 is 0 Å². The Kier molecular flexibility index (Phi) is 5.82. The van der Waals surface area contributed by atoms with Crippen molar-refractivity contribution in [3.05, 3.63) is 28.8 Å². The fourth-order valence-electron chi connectivity index (χ4n) is 1.24. The van der Waals surface area contributed by atoms with E-state index < -0.39 is 6.10 Å². The fraction of sp³-hybridized carbons (Fsp3) is 0.417. The van der Waals surface area contributed by atoms with Crippen LogP contribution in [0.25, 0.3) is 0 Å². The molecule has 1 aromatic rings. The molecule has 1 unspecified atom stereocenters. The van der Waals surface area contributed by atoms with Gasteiger partial charge in [-0.25, -0.2) is 0 Å². The minimum Gasteiger partial charge on any atom is -0.469 e. The van der Waals surface area contributed by atoms with Gasteiger partial charge in [-0.05, 0) is 24.6 Å². The van der Waals surface area contributed by atoms with Crippen molar-refractivity contribution in [3.8, 4) is 0 Å². The molecule has 5 heteroatoms. The van der Waals surface area contributed by atoms with Crippen molar-refractivity contribution < 1.29 is 14.6 Å². The molecule has 0 radical (unpaired) electrons. The third-order valence-electron chi connectivity index (χ3n) is 2.23. The molecule has 0 spiro atoms. The second-order valence-electron chi connectivity index (χ2n) is 3.54. The number of rotatable bonds is 5. The molecule has 0 amide bonds. The van der Waals surface area contributed by atoms with Crippen LogP contribution in [0.5, 0.6) is 0 Å². The van der Waals surface area contributed by atoms with E-state index in [2.05, 4.69) is 4.74 Å². The Morgan fingerprint density at radius 2 is 2.29 bits per heavy atom. The van der Waals surface area contributed by atoms with Crippen LogP contribution in [0.4, 0.5) is 0 Å². The summed E-state index contributed by atoms with van der Waals surface area (Å²) in [6, 6.07) is 5.43. The average Bonchev–Trinajstić information content (AvgIpc) is 2.30. The molecular weight excluding hydrogens is 260 g/mol. The first-order valence-corrected chi connectivity index (χ1v) is 6.58. The number of esters is 1. The Morgan fingerprint density at radius 1 is 1.59 bits per heavy atom. The number of hydrogen-bond donors (Lipinski definition) is 1. The molecule has 0 aliphatic carbocycles. The van der Waals surface area contributed by atoms with Crippen molar-refractivity contribution in [1.29, 1.82) is 0 Å². The summed E-state index contributed by atoms with van der Waals surface area (Å²) in [7, 11) is 1.37. The van der Waals surface area contributed by atoms with E-state index in [-0.39, 0.29) is 5.97 Å². The Morgan fingerprint density at radius 3 is 2.82 bits per heavy atom. The summed E-state index contributed by atoms with van der Waals surface area (Å²) >= 11 is 7.57. The van der Waals surface area contributed by atoms with Crippen molar-refractivity contribution in [2.24, 2.45) is 0 Å². The van der Waals surface area contributed by atoms with E-state index in [4.69, 9.17) is 11.6 Å². The molecule has 94 valence electrons. The quantitative estimate of drug-likeness (QED) is 0.662. The molecule has 1 atom stereocenters. The van der Waals surface area contributed by atoms with Crippen molar-refractivity contribution in [3.63, 3.8) is 0 Å². The van der Waals surface area contributed by atoms with Crippen LogP contribution >= 0.6 is 23.4 Å². The van der Waals surface area contributed by atoms with Crippen LogP contribution in [-0.2, 0) is 9.53 Å². The van der Waals surface area contributed by atoms with Gasteiger partial charge in [-0.3, -0.25) is 4.79 Å². The summed E-state index contributed by atoms with van der Waals surface area (Å²) in [5.74, 6) is 0.398. The van der Waals surface area contributed by atoms with Gasteiger partial charge in [0.15, 0.2) is 0 Å². The lowest BCUT2D eigenvalue weighted by Gasteiger charge is -2.08. The van der Waals surface area contributed by atoms with Crippen molar-refractivity contribution >= 4 is 29.3 Å². The van der Waals surface area contributed by atoms with Gasteiger partial charge >= 0.3 is 5.97 Å². The number of carbonyl (C=O) groups excluding carboxylic acids is 1. The third-order valence-corrected chi connectivity index (χ3v) is 3.73. The van der Waals surface area contributed by atoms with Crippen molar-refractivity contribution in [2.45, 2.75) is 24.3 Å². The van der Waals surface area contributed by atoms with Gasteiger partial charge < -0.3 is 9.84 Å². The van der Waals surface area contributed by atoms with E-state index in [1.165, 1.54) is 18.9 Å². The summed E-state index contributed by atoms with van der Waals surface area (Å²) < 4.78 is 4.55. The van der Waals surface area contributed by atoms with Crippen LogP contribution in [-0.4, -0.2) is 23.9 Å². The molecule has 0 fully saturated rings. The van der Waals surface area contributed by atoms with Crippen LogP contribution in [0.15, 0.2) is 23.1 Å². The molecule has 1 N–H and O–H groups in total. The zero-order valence-electron chi connectivity index (χ0n) is 9.77. The molecule has 0 saturated carbocycles. The van der Waals surface area contributed by atoms with Gasteiger partial charge in [-0.2, -0.15) is 0 Å². The Bertz CT molecular complexity index is 393. The molecule has 0 aliphatic heterocycles. The highest BCUT2D eigenvalue weighted by atomic mass is 35.5. The molecule has 0 aromatic heterocycles. The van der Waals surface area contributed by atoms with Crippen LogP contribution in [0.2, 0.25) is 5.02 Å². The summed E-state index contributed by atoms with van der Waals surface area (Å²) in [6.07, 6.45) is -0.169. The van der Waals surface area contributed by atoms with Gasteiger partial charge in [0.05, 0.1) is 24.7 Å². The predicted octanol–water partition coefficient (Wildman–Crippen LogP) is 3.05. The maximum absolute atomic E-state index is 10.9. The molecule has 0 heterocycles. The van der Waals surface area contributed by atoms with E-state index in [0.29, 0.717) is 17.2 Å². The first-order chi connectivity index (χ1) is 8.04. The number of aliphatic hydroxyl groups excluding tert-OH is 1. The van der Waals surface area contributed by atoms with E-state index in [0.717, 1.165) is 10.5 Å². The number of aliphatic hydroxyl groups is 1. The lowest BCUT2D eigenvalue weighted by molar-refractivity contribution is -0.140. The van der Waals surface area contributed by atoms with Crippen molar-refractivity contribution in [2.75, 3.05) is 12.9 Å². The number of ether oxygens (including phenoxy) is 1. The van der Waals surface area contributed by atoms with Crippen LogP contribution in [0.1, 0.15) is 25.0 Å². The summed E-state index contributed by atoms with van der Waals surface area (Å²) in [5.41, 5.74) is 0.785. The number of halogens is 1. The fourth-order valence-corrected chi connectivity index (χ4v) is 2.44. The normalized spacial score (nSPS) is 12.2. The van der Waals surface area contributed by atoms with Gasteiger partial charge in [0.1, 0.15) is 0 Å². The molecule has 0 aliphatic rings. The minimum atomic E-state index is -0.526. The Labute approximate surface area is 110 Å². The first kappa shape index (κ1) is 14.4. The number of thioether (sulfide) groups is 1. The highest BCUT2D eigenvalue weighted by molar-refractivity contribution is 7.99. The molecule has 17 heavy (non-hydrogen) atoms. The van der Waals surface area contributed by atoms with Gasteiger partial charge in [-0.1, -0.05) is 17.7 Å². The van der Waals surface area contributed by atoms with Crippen LogP contribution in [0.3, 0.4) is 0 Å². The van der Waals surface area contributed by atoms with E-state index in [1.54, 1.807) is 13.0 Å². The first-order valence-electron chi connectivity index (χ1n) is 5.21. The SMILES string of the molecule is COC(=O)CCSc1ccc(C(C)O)cc1Cl. The maximum Gasteiger partial charge on any atom is 0.306 e. The predicted molar refractivity (Wildman–Crippen MR) is 69.4 cm³/mol. The van der Waals surface area contributed by atoms with E-state index in [1.807, 2.05) is 12.1 Å². The summed E-state index contributed by atoms with van der Waals surface area (Å²) in [6.45, 7) is 1.69. The second kappa shape index (κ2) is 6.89. The number of methoxy groups -OCH3 is 1. The molecular formula is C12H15ClO3S. The second-order valence-corrected chi connectivity index (χ2v) is 5.08.